The zero-order chi connectivity index (χ0) is 16.5. The summed E-state index contributed by atoms with van der Waals surface area (Å²) in [5.41, 5.74) is 0. The van der Waals surface area contributed by atoms with Gasteiger partial charge in [0.15, 0.2) is 0 Å². The standard InChI is InChI=1S/C19H26O3S.Ca/c1-2-3-4-5-6-7-10-16-22-23(20,21)19-15-11-13-17-12-8-9-14-18(17)19;/h8-9,11-15H,2-7,10,16H2,1H3;. The van der Waals surface area contributed by atoms with Crippen molar-refractivity contribution in [1.29, 1.82) is 0 Å². The van der Waals surface area contributed by atoms with Crippen molar-refractivity contribution in [3.8, 4) is 0 Å². The molecule has 2 radical (unpaired) electrons. The molecule has 0 spiro atoms. The molecule has 0 atom stereocenters. The van der Waals surface area contributed by atoms with Gasteiger partial charge in [0.05, 0.1) is 6.61 Å². The molecule has 0 unspecified atom stereocenters. The van der Waals surface area contributed by atoms with Crippen LogP contribution in [0.15, 0.2) is 47.4 Å². The monoisotopic (exact) mass is 374 g/mol. The molecule has 0 aliphatic heterocycles. The van der Waals surface area contributed by atoms with E-state index in [-0.39, 0.29) is 49.2 Å². The maximum atomic E-state index is 12.4. The van der Waals surface area contributed by atoms with E-state index in [9.17, 15) is 8.42 Å². The summed E-state index contributed by atoms with van der Waals surface area (Å²) in [5, 5.41) is 1.63. The van der Waals surface area contributed by atoms with Gasteiger partial charge in [0.1, 0.15) is 4.90 Å². The number of hydrogen-bond donors (Lipinski definition) is 0. The molecular weight excluding hydrogens is 348 g/mol. The third kappa shape index (κ3) is 6.64. The number of fused-ring (bicyclic) bond motifs is 1. The van der Waals surface area contributed by atoms with Gasteiger partial charge in [-0.1, -0.05) is 81.8 Å². The van der Waals surface area contributed by atoms with Gasteiger partial charge in [-0.3, -0.25) is 4.18 Å². The molecule has 3 nitrogen and oxygen atoms in total. The Labute approximate surface area is 175 Å². The largest absolute Gasteiger partial charge is 0.297 e. The third-order valence-electron chi connectivity index (χ3n) is 4.01. The van der Waals surface area contributed by atoms with Gasteiger partial charge in [-0.2, -0.15) is 8.42 Å². The van der Waals surface area contributed by atoms with Gasteiger partial charge in [0.2, 0.25) is 0 Å². The minimum atomic E-state index is -3.69. The first-order valence-electron chi connectivity index (χ1n) is 8.52. The van der Waals surface area contributed by atoms with Crippen LogP contribution in [0.25, 0.3) is 10.8 Å². The Morgan fingerprint density at radius 3 is 2.21 bits per heavy atom. The second-order valence-electron chi connectivity index (χ2n) is 5.87. The third-order valence-corrected chi connectivity index (χ3v) is 5.38. The summed E-state index contributed by atoms with van der Waals surface area (Å²) in [5.74, 6) is 0. The Bertz CT molecular complexity index is 708. The van der Waals surface area contributed by atoms with Crippen LogP contribution in [0.1, 0.15) is 51.9 Å². The Kier molecular flexibility index (Phi) is 10.5. The Morgan fingerprint density at radius 1 is 0.833 bits per heavy atom. The van der Waals surface area contributed by atoms with E-state index in [1.54, 1.807) is 12.1 Å². The van der Waals surface area contributed by atoms with Gasteiger partial charge in [-0.25, -0.2) is 0 Å². The van der Waals surface area contributed by atoms with E-state index < -0.39 is 10.1 Å². The molecule has 2 rings (SSSR count). The summed E-state index contributed by atoms with van der Waals surface area (Å²) in [6.45, 7) is 2.46. The van der Waals surface area contributed by atoms with E-state index in [0.717, 1.165) is 30.0 Å². The van der Waals surface area contributed by atoms with Crippen LogP contribution in [0, 0.1) is 0 Å². The minimum absolute atomic E-state index is 0. The fourth-order valence-electron chi connectivity index (χ4n) is 2.70. The topological polar surface area (TPSA) is 43.4 Å². The van der Waals surface area contributed by atoms with Crippen LogP contribution in [-0.2, 0) is 14.3 Å². The maximum absolute atomic E-state index is 12.4. The number of rotatable bonds is 10. The molecule has 0 amide bonds. The molecule has 0 aliphatic rings. The van der Waals surface area contributed by atoms with Crippen LogP contribution in [0.4, 0.5) is 0 Å². The van der Waals surface area contributed by atoms with E-state index in [4.69, 9.17) is 4.18 Å². The van der Waals surface area contributed by atoms with Crippen LogP contribution < -0.4 is 0 Å². The average molecular weight is 375 g/mol. The van der Waals surface area contributed by atoms with E-state index in [1.165, 1.54) is 25.7 Å². The molecular formula is C19H26CaO3S. The molecule has 2 aromatic rings. The van der Waals surface area contributed by atoms with E-state index >= 15 is 0 Å². The molecule has 128 valence electrons. The van der Waals surface area contributed by atoms with Crippen LogP contribution in [0.2, 0.25) is 0 Å². The molecule has 0 saturated carbocycles. The molecule has 2 aromatic carbocycles. The maximum Gasteiger partial charge on any atom is 0.297 e. The molecule has 0 aliphatic carbocycles. The van der Waals surface area contributed by atoms with Crippen molar-refractivity contribution >= 4 is 58.6 Å². The molecule has 0 fully saturated rings. The number of benzene rings is 2. The Morgan fingerprint density at radius 2 is 1.46 bits per heavy atom. The predicted octanol–water partition coefficient (Wildman–Crippen LogP) is 4.91. The van der Waals surface area contributed by atoms with Crippen molar-refractivity contribution in [2.75, 3.05) is 6.61 Å². The molecule has 0 saturated heterocycles. The zero-order valence-corrected chi connectivity index (χ0v) is 17.6. The fraction of sp³-hybridized carbons (Fsp3) is 0.474. The van der Waals surface area contributed by atoms with Gasteiger partial charge in [-0.05, 0) is 17.9 Å². The molecule has 24 heavy (non-hydrogen) atoms. The SMILES string of the molecule is CCCCCCCCCOS(=O)(=O)c1cccc2ccccc12.[Ca]. The molecule has 5 heteroatoms. The first-order valence-corrected chi connectivity index (χ1v) is 9.93. The summed E-state index contributed by atoms with van der Waals surface area (Å²) in [7, 11) is -3.69. The van der Waals surface area contributed by atoms with Crippen molar-refractivity contribution in [3.05, 3.63) is 42.5 Å². The quantitative estimate of drug-likeness (QED) is 0.337. The molecule has 0 heterocycles. The van der Waals surface area contributed by atoms with Gasteiger partial charge in [0.25, 0.3) is 10.1 Å². The van der Waals surface area contributed by atoms with Crippen molar-refractivity contribution in [2.24, 2.45) is 0 Å². The Hall–Kier alpha value is -0.130. The first-order chi connectivity index (χ1) is 11.1. The van der Waals surface area contributed by atoms with Crippen LogP contribution >= 0.6 is 0 Å². The molecule has 0 bridgehead atoms. The van der Waals surface area contributed by atoms with Crippen LogP contribution in [-0.4, -0.2) is 52.8 Å². The van der Waals surface area contributed by atoms with Crippen molar-refractivity contribution < 1.29 is 12.6 Å². The second kappa shape index (κ2) is 11.5. The van der Waals surface area contributed by atoms with Crippen molar-refractivity contribution in [1.82, 2.24) is 0 Å². The summed E-state index contributed by atoms with van der Waals surface area (Å²) in [4.78, 5) is 0.263. The van der Waals surface area contributed by atoms with E-state index in [0.29, 0.717) is 0 Å². The van der Waals surface area contributed by atoms with Crippen molar-refractivity contribution in [3.63, 3.8) is 0 Å². The van der Waals surface area contributed by atoms with E-state index in [2.05, 4.69) is 6.92 Å². The minimum Gasteiger partial charge on any atom is -0.266 e. The van der Waals surface area contributed by atoms with Crippen LogP contribution in [0.3, 0.4) is 0 Å². The summed E-state index contributed by atoms with van der Waals surface area (Å²) >= 11 is 0. The normalized spacial score (nSPS) is 11.4. The average Bonchev–Trinajstić information content (AvgIpc) is 2.56. The molecule has 0 aromatic heterocycles. The number of hydrogen-bond acceptors (Lipinski definition) is 3. The Balaban J connectivity index is 0.00000288. The number of unbranched alkanes of at least 4 members (excludes halogenated alkanes) is 6. The van der Waals surface area contributed by atoms with E-state index in [1.807, 2.05) is 30.3 Å². The summed E-state index contributed by atoms with van der Waals surface area (Å²) in [6.07, 6.45) is 7.98. The summed E-state index contributed by atoms with van der Waals surface area (Å²) < 4.78 is 30.0. The van der Waals surface area contributed by atoms with Crippen LogP contribution in [0.5, 0.6) is 0 Å². The molecule has 0 N–H and O–H groups in total. The summed E-state index contributed by atoms with van der Waals surface area (Å²) in [6, 6.07) is 12.7. The van der Waals surface area contributed by atoms with Gasteiger partial charge < -0.3 is 0 Å². The second-order valence-corrected chi connectivity index (χ2v) is 7.46. The van der Waals surface area contributed by atoms with Gasteiger partial charge in [0, 0.05) is 43.1 Å². The smallest absolute Gasteiger partial charge is 0.266 e. The zero-order valence-electron chi connectivity index (χ0n) is 14.5. The predicted molar refractivity (Wildman–Crippen MR) is 101 cm³/mol. The van der Waals surface area contributed by atoms with Gasteiger partial charge in [-0.15, -0.1) is 0 Å². The van der Waals surface area contributed by atoms with Gasteiger partial charge >= 0.3 is 0 Å². The first kappa shape index (κ1) is 21.9. The van der Waals surface area contributed by atoms with Crippen molar-refractivity contribution in [2.45, 2.75) is 56.8 Å². The fourth-order valence-corrected chi connectivity index (χ4v) is 3.87.